The van der Waals surface area contributed by atoms with Gasteiger partial charge in [-0.05, 0) is 140 Å². The van der Waals surface area contributed by atoms with Crippen molar-refractivity contribution in [3.05, 3.63) is 0 Å². The van der Waals surface area contributed by atoms with Gasteiger partial charge >= 0.3 is 12.1 Å². The van der Waals surface area contributed by atoms with E-state index in [0.717, 1.165) is 109 Å². The molecule has 10 heteroatoms. The lowest BCUT2D eigenvalue weighted by molar-refractivity contribution is -0.160. The highest BCUT2D eigenvalue weighted by atomic mass is 16.5. The predicted octanol–water partition coefficient (Wildman–Crippen LogP) is 8.89. The van der Waals surface area contributed by atoms with Crippen LogP contribution in [0.5, 0.6) is 0 Å². The van der Waals surface area contributed by atoms with Crippen molar-refractivity contribution in [2.45, 2.75) is 193 Å². The van der Waals surface area contributed by atoms with Gasteiger partial charge in [0, 0.05) is 0 Å². The van der Waals surface area contributed by atoms with Crippen LogP contribution in [0.25, 0.3) is 0 Å². The Kier molecular flexibility index (Phi) is 12.6. The molecule has 4 saturated carbocycles. The van der Waals surface area contributed by atoms with Crippen LogP contribution in [0.2, 0.25) is 0 Å². The Bertz CT molecular complexity index is 1030. The van der Waals surface area contributed by atoms with Crippen LogP contribution in [0.4, 0.5) is 9.59 Å². The molecule has 2 aliphatic heterocycles. The van der Waals surface area contributed by atoms with Gasteiger partial charge in [-0.3, -0.25) is 19.6 Å². The number of carbonyl (C=O) groups excluding carboxylic acids is 2. The molecule has 286 valence electrons. The number of urea groups is 2. The quantitative estimate of drug-likeness (QED) is 0.180. The monoisotopic (exact) mass is 703 g/mol. The Morgan fingerprint density at radius 3 is 1.00 bits per heavy atom. The average Bonchev–Trinajstić information content (AvgIpc) is 3.39. The van der Waals surface area contributed by atoms with Gasteiger partial charge in [-0.25, -0.2) is 9.59 Å². The number of rotatable bonds is 14. The van der Waals surface area contributed by atoms with Crippen molar-refractivity contribution in [2.24, 2.45) is 23.7 Å². The zero-order valence-electron chi connectivity index (χ0n) is 32.4. The predicted molar refractivity (Wildman–Crippen MR) is 194 cm³/mol. The SMILES string of the molecule is CCCC12N(COC3CCC(C)CC3)C(=O)N(COC3CCC(C)CC3)C1(C)N(COC1CCC(C)CC1)C(=O)N2COC1CCC(C)CC1. The lowest BCUT2D eigenvalue weighted by Crippen LogP contribution is -2.67. The molecular formula is C40H70N4O6. The first-order chi connectivity index (χ1) is 24.1. The van der Waals surface area contributed by atoms with Gasteiger partial charge in [0.15, 0.2) is 11.3 Å². The van der Waals surface area contributed by atoms with Crippen molar-refractivity contribution in [3.8, 4) is 0 Å². The Morgan fingerprint density at radius 2 is 0.740 bits per heavy atom. The summed E-state index contributed by atoms with van der Waals surface area (Å²) in [6.45, 7) is 14.0. The molecule has 0 aromatic heterocycles. The maximum absolute atomic E-state index is 15.0. The number of amides is 4. The van der Waals surface area contributed by atoms with E-state index in [2.05, 4.69) is 41.5 Å². The standard InChI is InChI=1S/C40H70N4O6/c1-7-24-40-39(6,41(25-47-33-16-8-29(2)9-17-33)37(45)43(40)27-49-35-20-12-31(4)13-21-35)42(26-48-34-18-10-30(3)11-19-34)38(46)44(40)28-50-36-22-14-32(5)15-23-36/h29-36H,7-28H2,1-6H3. The third kappa shape index (κ3) is 7.70. The molecule has 0 aromatic carbocycles. The van der Waals surface area contributed by atoms with Crippen LogP contribution in [0.1, 0.15) is 157 Å². The number of hydrogen-bond donors (Lipinski definition) is 0. The highest BCUT2D eigenvalue weighted by Crippen LogP contribution is 2.54. The first-order valence-electron chi connectivity index (χ1n) is 20.7. The summed E-state index contributed by atoms with van der Waals surface area (Å²) in [5.74, 6) is 2.82. The van der Waals surface area contributed by atoms with Crippen molar-refractivity contribution >= 4 is 12.1 Å². The van der Waals surface area contributed by atoms with Crippen LogP contribution < -0.4 is 0 Å². The molecular weight excluding hydrogens is 632 g/mol. The number of hydrogen-bond acceptors (Lipinski definition) is 6. The van der Waals surface area contributed by atoms with E-state index in [9.17, 15) is 9.59 Å². The normalized spacial score (nSPS) is 39.8. The van der Waals surface area contributed by atoms with E-state index >= 15 is 0 Å². The summed E-state index contributed by atoms with van der Waals surface area (Å²) < 4.78 is 26.6. The Labute approximate surface area is 303 Å². The van der Waals surface area contributed by atoms with E-state index in [1.54, 1.807) is 0 Å². The molecule has 6 rings (SSSR count). The van der Waals surface area contributed by atoms with Gasteiger partial charge in [0.1, 0.15) is 26.9 Å². The fourth-order valence-corrected chi connectivity index (χ4v) is 10.1. The van der Waals surface area contributed by atoms with Gasteiger partial charge < -0.3 is 18.9 Å². The van der Waals surface area contributed by atoms with Gasteiger partial charge in [0.05, 0.1) is 24.4 Å². The molecule has 0 atom stereocenters. The molecule has 50 heavy (non-hydrogen) atoms. The minimum Gasteiger partial charge on any atom is -0.358 e. The largest absolute Gasteiger partial charge is 0.358 e. The zero-order chi connectivity index (χ0) is 35.5. The van der Waals surface area contributed by atoms with Crippen molar-refractivity contribution in [3.63, 3.8) is 0 Å². The maximum Gasteiger partial charge on any atom is 0.327 e. The summed E-state index contributed by atoms with van der Waals surface area (Å²) in [6.07, 6.45) is 18.9. The highest BCUT2D eigenvalue weighted by molar-refractivity contribution is 5.88. The van der Waals surface area contributed by atoms with Crippen molar-refractivity contribution in [1.82, 2.24) is 19.6 Å². The highest BCUT2D eigenvalue weighted by Gasteiger charge is 2.76. The fourth-order valence-electron chi connectivity index (χ4n) is 10.1. The summed E-state index contributed by atoms with van der Waals surface area (Å²) in [7, 11) is 0. The number of fused-ring (bicyclic) bond motifs is 1. The van der Waals surface area contributed by atoms with E-state index in [1.165, 1.54) is 0 Å². The molecule has 0 N–H and O–H groups in total. The zero-order valence-corrected chi connectivity index (χ0v) is 32.4. The van der Waals surface area contributed by atoms with Crippen LogP contribution in [0.3, 0.4) is 0 Å². The van der Waals surface area contributed by atoms with E-state index < -0.39 is 11.3 Å². The minimum atomic E-state index is -1.05. The second-order valence-electron chi connectivity index (χ2n) is 17.6. The summed E-state index contributed by atoms with van der Waals surface area (Å²) in [4.78, 5) is 37.4. The van der Waals surface area contributed by atoms with Crippen molar-refractivity contribution in [1.29, 1.82) is 0 Å². The molecule has 0 bridgehead atoms. The minimum absolute atomic E-state index is 0.108. The smallest absolute Gasteiger partial charge is 0.327 e. The molecule has 2 saturated heterocycles. The number of carbonyl (C=O) groups is 2. The second-order valence-corrected chi connectivity index (χ2v) is 17.6. The Morgan fingerprint density at radius 1 is 0.480 bits per heavy atom. The van der Waals surface area contributed by atoms with Crippen molar-refractivity contribution < 1.29 is 28.5 Å². The number of ether oxygens (including phenoxy) is 4. The molecule has 6 fully saturated rings. The lowest BCUT2D eigenvalue weighted by Gasteiger charge is -2.48. The van der Waals surface area contributed by atoms with Crippen LogP contribution >= 0.6 is 0 Å². The molecule has 10 nitrogen and oxygen atoms in total. The number of nitrogens with zero attached hydrogens (tertiary/aromatic N) is 4. The average molecular weight is 703 g/mol. The van der Waals surface area contributed by atoms with Crippen molar-refractivity contribution in [2.75, 3.05) is 26.9 Å². The summed E-state index contributed by atoms with van der Waals surface area (Å²) in [6, 6.07) is -0.260. The van der Waals surface area contributed by atoms with E-state index in [4.69, 9.17) is 18.9 Å². The fraction of sp³-hybridized carbons (Fsp3) is 0.950. The van der Waals surface area contributed by atoms with Gasteiger partial charge in [-0.15, -0.1) is 0 Å². The Hall–Kier alpha value is -1.62. The van der Waals surface area contributed by atoms with E-state index in [0.29, 0.717) is 30.1 Å². The third-order valence-electron chi connectivity index (χ3n) is 13.8. The summed E-state index contributed by atoms with van der Waals surface area (Å²) in [5, 5.41) is 0. The van der Waals surface area contributed by atoms with Gasteiger partial charge in [0.2, 0.25) is 0 Å². The molecule has 6 aliphatic rings. The first-order valence-corrected chi connectivity index (χ1v) is 20.7. The molecule has 0 spiro atoms. The van der Waals surface area contributed by atoms with Crippen LogP contribution in [-0.4, -0.2) is 94.3 Å². The third-order valence-corrected chi connectivity index (χ3v) is 13.8. The molecule has 4 amide bonds. The summed E-state index contributed by atoms with van der Waals surface area (Å²) >= 11 is 0. The second kappa shape index (κ2) is 16.6. The topological polar surface area (TPSA) is 84.0 Å². The maximum atomic E-state index is 15.0. The van der Waals surface area contributed by atoms with E-state index in [-0.39, 0.29) is 63.4 Å². The first kappa shape index (κ1) is 38.1. The van der Waals surface area contributed by atoms with Crippen LogP contribution in [0.15, 0.2) is 0 Å². The summed E-state index contributed by atoms with van der Waals surface area (Å²) in [5.41, 5.74) is -2.05. The van der Waals surface area contributed by atoms with E-state index in [1.807, 2.05) is 19.6 Å². The van der Waals surface area contributed by atoms with Gasteiger partial charge in [-0.1, -0.05) is 41.0 Å². The molecule has 2 heterocycles. The van der Waals surface area contributed by atoms with Crippen LogP contribution in [0, 0.1) is 23.7 Å². The molecule has 0 unspecified atom stereocenters. The van der Waals surface area contributed by atoms with Gasteiger partial charge in [0.25, 0.3) is 0 Å². The molecule has 0 radical (unpaired) electrons. The molecule has 4 aliphatic carbocycles. The lowest BCUT2D eigenvalue weighted by atomic mass is 9.88. The van der Waals surface area contributed by atoms with Crippen LogP contribution in [-0.2, 0) is 18.9 Å². The Balaban J connectivity index is 1.32. The molecule has 0 aromatic rings. The van der Waals surface area contributed by atoms with Gasteiger partial charge in [-0.2, -0.15) is 0 Å².